The van der Waals surface area contributed by atoms with Gasteiger partial charge in [0.2, 0.25) is 0 Å². The molecule has 1 N–H and O–H groups in total. The number of hydrogen-bond donors (Lipinski definition) is 1. The monoisotopic (exact) mass is 391 g/mol. The van der Waals surface area contributed by atoms with E-state index in [1.165, 1.54) is 6.08 Å². The number of hydrogen-bond acceptors (Lipinski definition) is 4. The van der Waals surface area contributed by atoms with Crippen LogP contribution >= 0.6 is 0 Å². The topological polar surface area (TPSA) is 79.5 Å². The van der Waals surface area contributed by atoms with Crippen LogP contribution in [0, 0.1) is 17.2 Å². The first-order valence-electron chi connectivity index (χ1n) is 9.89. The molecule has 1 heterocycles. The van der Waals surface area contributed by atoms with Crippen molar-refractivity contribution in [1.29, 1.82) is 5.26 Å². The Morgan fingerprint density at radius 2 is 1.86 bits per heavy atom. The zero-order valence-corrected chi connectivity index (χ0v) is 16.2. The highest BCUT2D eigenvalue weighted by Gasteiger charge is 2.33. The number of unbranched alkanes of at least 4 members (excludes halogenated alkanes) is 2. The molecule has 1 aliphatic heterocycles. The van der Waals surface area contributed by atoms with Gasteiger partial charge in [-0.05, 0) is 37.0 Å². The summed E-state index contributed by atoms with van der Waals surface area (Å²) < 4.78 is 12.4. The van der Waals surface area contributed by atoms with Crippen LogP contribution in [0.15, 0.2) is 66.7 Å². The van der Waals surface area contributed by atoms with Crippen molar-refractivity contribution in [3.05, 3.63) is 83.4 Å². The van der Waals surface area contributed by atoms with Gasteiger partial charge in [0.05, 0.1) is 24.3 Å². The summed E-state index contributed by atoms with van der Waals surface area (Å²) in [5.41, 5.74) is 2.64. The number of aliphatic carboxylic acids is 1. The highest BCUT2D eigenvalue weighted by Crippen LogP contribution is 2.40. The predicted octanol–water partition coefficient (Wildman–Crippen LogP) is 5.16. The molecule has 5 nitrogen and oxygen atoms in total. The smallest absolute Gasteiger partial charge is 0.327 e. The normalized spacial score (nSPS) is 21.7. The van der Waals surface area contributed by atoms with E-state index in [4.69, 9.17) is 19.8 Å². The molecule has 3 unspecified atom stereocenters. The van der Waals surface area contributed by atoms with Crippen molar-refractivity contribution >= 4 is 5.97 Å². The second kappa shape index (κ2) is 10.6. The molecular formula is C24H25NO4. The quantitative estimate of drug-likeness (QED) is 0.496. The lowest BCUT2D eigenvalue weighted by Crippen LogP contribution is -2.30. The fraction of sp³-hybridized carbons (Fsp3) is 0.333. The molecule has 3 rings (SSSR count). The number of nitrogens with zero attached hydrogens (tertiary/aromatic N) is 1. The molecule has 0 bridgehead atoms. The van der Waals surface area contributed by atoms with Crippen molar-refractivity contribution in [3.8, 4) is 6.07 Å². The van der Waals surface area contributed by atoms with Gasteiger partial charge in [0.1, 0.15) is 0 Å². The molecule has 5 heteroatoms. The average molecular weight is 391 g/mol. The fourth-order valence-corrected chi connectivity index (χ4v) is 3.55. The van der Waals surface area contributed by atoms with Gasteiger partial charge in [-0.15, -0.1) is 0 Å². The Morgan fingerprint density at radius 1 is 1.10 bits per heavy atom. The number of carboxylic acid groups (broad SMARTS) is 1. The Labute approximate surface area is 171 Å². The Balaban J connectivity index is 1.64. The summed E-state index contributed by atoms with van der Waals surface area (Å²) in [5.74, 6) is -0.674. The molecule has 2 aromatic rings. The van der Waals surface area contributed by atoms with Crippen LogP contribution in [0.3, 0.4) is 0 Å². The van der Waals surface area contributed by atoms with Gasteiger partial charge in [-0.1, -0.05) is 55.0 Å². The van der Waals surface area contributed by atoms with Crippen molar-refractivity contribution in [2.75, 3.05) is 6.61 Å². The lowest BCUT2D eigenvalue weighted by atomic mass is 9.90. The van der Waals surface area contributed by atoms with Crippen molar-refractivity contribution in [1.82, 2.24) is 0 Å². The molecule has 0 aliphatic carbocycles. The first-order valence-corrected chi connectivity index (χ1v) is 9.89. The van der Waals surface area contributed by atoms with E-state index in [0.717, 1.165) is 36.8 Å². The molecule has 0 saturated carbocycles. The van der Waals surface area contributed by atoms with Gasteiger partial charge in [-0.3, -0.25) is 0 Å². The molecule has 2 aromatic carbocycles. The number of allylic oxidation sites excluding steroid dienone is 1. The van der Waals surface area contributed by atoms with E-state index in [1.807, 2.05) is 30.3 Å². The van der Waals surface area contributed by atoms with E-state index in [9.17, 15) is 4.79 Å². The molecule has 0 amide bonds. The Bertz CT molecular complexity index is 855. The van der Waals surface area contributed by atoms with Crippen LogP contribution in [-0.2, 0) is 14.3 Å². The number of carbonyl (C=O) groups is 1. The Hall–Kier alpha value is -2.94. The first-order chi connectivity index (χ1) is 14.2. The zero-order valence-electron chi connectivity index (χ0n) is 16.2. The summed E-state index contributed by atoms with van der Waals surface area (Å²) in [7, 11) is 0. The van der Waals surface area contributed by atoms with Gasteiger partial charge in [0, 0.05) is 17.6 Å². The van der Waals surface area contributed by atoms with Gasteiger partial charge >= 0.3 is 5.97 Å². The minimum Gasteiger partial charge on any atom is -0.478 e. The molecule has 0 spiro atoms. The van der Waals surface area contributed by atoms with Gasteiger partial charge in [0.25, 0.3) is 0 Å². The van der Waals surface area contributed by atoms with E-state index in [-0.39, 0.29) is 12.0 Å². The third kappa shape index (κ3) is 6.02. The van der Waals surface area contributed by atoms with Crippen LogP contribution in [0.1, 0.15) is 54.8 Å². The number of carboxylic acids is 1. The fourth-order valence-electron chi connectivity index (χ4n) is 3.55. The SMILES string of the molecule is N#Cc1ccc(C2OCC(CCCCC=CC(=O)O)C(c3ccccc3)O2)cc1. The maximum absolute atomic E-state index is 10.5. The number of rotatable bonds is 8. The zero-order chi connectivity index (χ0) is 20.5. The Kier molecular flexibility index (Phi) is 7.57. The molecular weight excluding hydrogens is 366 g/mol. The van der Waals surface area contributed by atoms with E-state index < -0.39 is 12.3 Å². The van der Waals surface area contributed by atoms with Crippen molar-refractivity contribution < 1.29 is 19.4 Å². The molecule has 3 atom stereocenters. The summed E-state index contributed by atoms with van der Waals surface area (Å²) >= 11 is 0. The molecule has 1 saturated heterocycles. The maximum Gasteiger partial charge on any atom is 0.327 e. The van der Waals surface area contributed by atoms with Gasteiger partial charge in [-0.2, -0.15) is 5.26 Å². The molecule has 1 fully saturated rings. The highest BCUT2D eigenvalue weighted by molar-refractivity contribution is 5.79. The van der Waals surface area contributed by atoms with Crippen molar-refractivity contribution in [2.45, 2.75) is 38.1 Å². The third-order valence-electron chi connectivity index (χ3n) is 5.06. The van der Waals surface area contributed by atoms with E-state index in [2.05, 4.69) is 18.2 Å². The Morgan fingerprint density at radius 3 is 2.55 bits per heavy atom. The van der Waals surface area contributed by atoms with Crippen molar-refractivity contribution in [2.24, 2.45) is 5.92 Å². The number of ether oxygens (including phenoxy) is 2. The van der Waals surface area contributed by atoms with E-state index in [0.29, 0.717) is 12.2 Å². The lowest BCUT2D eigenvalue weighted by Gasteiger charge is -2.37. The van der Waals surface area contributed by atoms with Gasteiger partial charge in [-0.25, -0.2) is 4.79 Å². The van der Waals surface area contributed by atoms with Gasteiger partial charge < -0.3 is 14.6 Å². The largest absolute Gasteiger partial charge is 0.478 e. The molecule has 150 valence electrons. The molecule has 29 heavy (non-hydrogen) atoms. The van der Waals surface area contributed by atoms with Crippen LogP contribution < -0.4 is 0 Å². The second-order valence-corrected chi connectivity index (χ2v) is 7.15. The van der Waals surface area contributed by atoms with E-state index >= 15 is 0 Å². The van der Waals surface area contributed by atoms with Crippen LogP contribution in [0.2, 0.25) is 0 Å². The lowest BCUT2D eigenvalue weighted by molar-refractivity contribution is -0.245. The highest BCUT2D eigenvalue weighted by atomic mass is 16.7. The van der Waals surface area contributed by atoms with Crippen molar-refractivity contribution in [3.63, 3.8) is 0 Å². The predicted molar refractivity (Wildman–Crippen MR) is 109 cm³/mol. The first kappa shape index (κ1) is 20.8. The van der Waals surface area contributed by atoms with Crippen LogP contribution in [-0.4, -0.2) is 17.7 Å². The summed E-state index contributed by atoms with van der Waals surface area (Å²) in [5, 5.41) is 17.6. The number of benzene rings is 2. The van der Waals surface area contributed by atoms with Gasteiger partial charge in [0.15, 0.2) is 6.29 Å². The minimum absolute atomic E-state index is 0.0693. The molecule has 0 aromatic heterocycles. The third-order valence-corrected chi connectivity index (χ3v) is 5.06. The average Bonchev–Trinajstić information content (AvgIpc) is 2.76. The standard InChI is InChI=1S/C24H25NO4/c25-16-18-12-14-20(15-13-18)24-28-17-21(10-4-1-2-7-11-22(26)27)23(29-24)19-8-5-3-6-9-19/h3,5-9,11-15,21,23-24H,1-2,4,10,17H2,(H,26,27). The summed E-state index contributed by atoms with van der Waals surface area (Å²) in [6.07, 6.45) is 5.98. The molecule has 1 aliphatic rings. The maximum atomic E-state index is 10.5. The van der Waals surface area contributed by atoms with Crippen LogP contribution in [0.5, 0.6) is 0 Å². The number of nitriles is 1. The second-order valence-electron chi connectivity index (χ2n) is 7.15. The molecule has 0 radical (unpaired) electrons. The van der Waals surface area contributed by atoms with Crippen LogP contribution in [0.25, 0.3) is 0 Å². The summed E-state index contributed by atoms with van der Waals surface area (Å²) in [6.45, 7) is 0.592. The van der Waals surface area contributed by atoms with Crippen LogP contribution in [0.4, 0.5) is 0 Å². The van der Waals surface area contributed by atoms with E-state index in [1.54, 1.807) is 18.2 Å². The minimum atomic E-state index is -0.905. The summed E-state index contributed by atoms with van der Waals surface area (Å²) in [6, 6.07) is 19.6. The summed E-state index contributed by atoms with van der Waals surface area (Å²) in [4.78, 5) is 10.5.